The number of nitrogens with zero attached hydrogens (tertiary/aromatic N) is 3. The molecule has 0 aliphatic rings. The molecule has 1 unspecified atom stereocenters. The maximum absolute atomic E-state index is 12.4. The molecule has 1 N–H and O–H groups in total. The van der Waals surface area contributed by atoms with Crippen LogP contribution >= 0.6 is 0 Å². The van der Waals surface area contributed by atoms with Crippen LogP contribution in [-0.2, 0) is 6.42 Å². The summed E-state index contributed by atoms with van der Waals surface area (Å²) in [4.78, 5) is 22.9. The summed E-state index contributed by atoms with van der Waals surface area (Å²) in [7, 11) is 2.02. The second-order valence-corrected chi connectivity index (χ2v) is 6.53. The molecule has 2 heterocycles. The van der Waals surface area contributed by atoms with Gasteiger partial charge < -0.3 is 10.2 Å². The van der Waals surface area contributed by atoms with E-state index in [1.807, 2.05) is 62.5 Å². The Balaban J connectivity index is 1.56. The van der Waals surface area contributed by atoms with Gasteiger partial charge in [0.05, 0.1) is 17.9 Å². The monoisotopic (exact) mass is 360 g/mol. The lowest BCUT2D eigenvalue weighted by molar-refractivity contribution is 0.0935. The summed E-state index contributed by atoms with van der Waals surface area (Å²) in [6.07, 6.45) is 6.28. The number of rotatable bonds is 7. The molecule has 0 fully saturated rings. The largest absolute Gasteiger partial charge is 0.373 e. The molecule has 0 aliphatic heterocycles. The van der Waals surface area contributed by atoms with Crippen LogP contribution in [0.5, 0.6) is 0 Å². The molecule has 5 heteroatoms. The number of nitrogens with one attached hydrogen (secondary N) is 1. The zero-order valence-corrected chi connectivity index (χ0v) is 15.7. The van der Waals surface area contributed by atoms with Crippen LogP contribution in [0.25, 0.3) is 0 Å². The Kier molecular flexibility index (Phi) is 6.15. The minimum absolute atomic E-state index is 0.0665. The molecule has 0 bridgehead atoms. The summed E-state index contributed by atoms with van der Waals surface area (Å²) in [6.45, 7) is 2.83. The first kappa shape index (κ1) is 18.6. The molecule has 5 nitrogen and oxygen atoms in total. The van der Waals surface area contributed by atoms with Gasteiger partial charge in [-0.3, -0.25) is 9.78 Å². The predicted octanol–water partition coefficient (Wildman–Crippen LogP) is 3.65. The Labute approximate surface area is 160 Å². The SMILES string of the molecule is CC(NC(=O)c1ccc(N(C)CCc2ccncc2)cn1)c1ccccc1. The van der Waals surface area contributed by atoms with Gasteiger partial charge in [-0.15, -0.1) is 0 Å². The molecule has 1 aromatic carbocycles. The molecule has 0 aliphatic carbocycles. The number of carbonyl (C=O) groups is 1. The van der Waals surface area contributed by atoms with Gasteiger partial charge in [0.15, 0.2) is 0 Å². The minimum atomic E-state index is -0.169. The molecule has 138 valence electrons. The van der Waals surface area contributed by atoms with E-state index in [1.165, 1.54) is 5.56 Å². The quantitative estimate of drug-likeness (QED) is 0.699. The van der Waals surface area contributed by atoms with Gasteiger partial charge in [-0.05, 0) is 48.7 Å². The van der Waals surface area contributed by atoms with Crippen molar-refractivity contribution in [3.8, 4) is 0 Å². The molecule has 0 saturated heterocycles. The van der Waals surface area contributed by atoms with Crippen LogP contribution < -0.4 is 10.2 Å². The Morgan fingerprint density at radius 3 is 2.48 bits per heavy atom. The third-order valence-corrected chi connectivity index (χ3v) is 4.55. The van der Waals surface area contributed by atoms with Crippen molar-refractivity contribution in [3.05, 3.63) is 90.0 Å². The normalized spacial score (nSPS) is 11.6. The van der Waals surface area contributed by atoms with Crippen LogP contribution in [0.15, 0.2) is 73.2 Å². The Morgan fingerprint density at radius 2 is 1.81 bits per heavy atom. The summed E-state index contributed by atoms with van der Waals surface area (Å²) < 4.78 is 0. The number of amides is 1. The smallest absolute Gasteiger partial charge is 0.270 e. The van der Waals surface area contributed by atoms with Crippen molar-refractivity contribution in [2.24, 2.45) is 0 Å². The van der Waals surface area contributed by atoms with Crippen molar-refractivity contribution < 1.29 is 4.79 Å². The van der Waals surface area contributed by atoms with Crippen LogP contribution in [0.1, 0.15) is 34.6 Å². The van der Waals surface area contributed by atoms with E-state index in [0.717, 1.165) is 24.2 Å². The van der Waals surface area contributed by atoms with Crippen LogP contribution in [0.3, 0.4) is 0 Å². The van der Waals surface area contributed by atoms with Crippen molar-refractivity contribution >= 4 is 11.6 Å². The summed E-state index contributed by atoms with van der Waals surface area (Å²) >= 11 is 0. The van der Waals surface area contributed by atoms with Gasteiger partial charge in [0.1, 0.15) is 5.69 Å². The molecule has 0 saturated carbocycles. The van der Waals surface area contributed by atoms with Crippen LogP contribution in [0, 0.1) is 0 Å². The highest BCUT2D eigenvalue weighted by atomic mass is 16.1. The number of anilines is 1. The first-order valence-corrected chi connectivity index (χ1v) is 9.05. The van der Waals surface area contributed by atoms with Gasteiger partial charge >= 0.3 is 0 Å². The third-order valence-electron chi connectivity index (χ3n) is 4.55. The van der Waals surface area contributed by atoms with E-state index in [0.29, 0.717) is 5.69 Å². The van der Waals surface area contributed by atoms with E-state index in [9.17, 15) is 4.79 Å². The molecule has 3 rings (SSSR count). The molecular formula is C22H24N4O. The average Bonchev–Trinajstić information content (AvgIpc) is 2.73. The Hall–Kier alpha value is -3.21. The van der Waals surface area contributed by atoms with Crippen LogP contribution in [0.4, 0.5) is 5.69 Å². The van der Waals surface area contributed by atoms with Crippen LogP contribution in [-0.4, -0.2) is 29.5 Å². The van der Waals surface area contributed by atoms with Crippen molar-refractivity contribution in [2.45, 2.75) is 19.4 Å². The second kappa shape index (κ2) is 8.94. The van der Waals surface area contributed by atoms with Gasteiger partial charge in [0.2, 0.25) is 0 Å². The van der Waals surface area contributed by atoms with E-state index in [2.05, 4.69) is 20.2 Å². The van der Waals surface area contributed by atoms with Crippen molar-refractivity contribution in [3.63, 3.8) is 0 Å². The Bertz CT molecular complexity index is 851. The number of hydrogen-bond acceptors (Lipinski definition) is 4. The number of benzene rings is 1. The van der Waals surface area contributed by atoms with Gasteiger partial charge in [-0.2, -0.15) is 0 Å². The Morgan fingerprint density at radius 1 is 1.07 bits per heavy atom. The van der Waals surface area contributed by atoms with Crippen molar-refractivity contribution in [1.29, 1.82) is 0 Å². The molecule has 27 heavy (non-hydrogen) atoms. The molecule has 0 spiro atoms. The summed E-state index contributed by atoms with van der Waals surface area (Å²) in [5.41, 5.74) is 3.72. The standard InChI is InChI=1S/C22H24N4O/c1-17(19-6-4-3-5-7-19)25-22(27)21-9-8-20(16-24-21)26(2)15-12-18-10-13-23-14-11-18/h3-11,13-14,16-17H,12,15H2,1-2H3,(H,25,27). The zero-order valence-electron chi connectivity index (χ0n) is 15.7. The van der Waals surface area contributed by atoms with E-state index in [-0.39, 0.29) is 11.9 Å². The number of hydrogen-bond donors (Lipinski definition) is 1. The van der Waals surface area contributed by atoms with E-state index >= 15 is 0 Å². The lowest BCUT2D eigenvalue weighted by Gasteiger charge is -2.19. The van der Waals surface area contributed by atoms with Gasteiger partial charge in [0, 0.05) is 26.0 Å². The first-order chi connectivity index (χ1) is 13.1. The predicted molar refractivity (Wildman–Crippen MR) is 108 cm³/mol. The number of carbonyl (C=O) groups excluding carboxylic acids is 1. The minimum Gasteiger partial charge on any atom is -0.373 e. The highest BCUT2D eigenvalue weighted by Gasteiger charge is 2.13. The number of likely N-dealkylation sites (N-methyl/N-ethyl adjacent to an activating group) is 1. The fourth-order valence-electron chi connectivity index (χ4n) is 2.82. The topological polar surface area (TPSA) is 58.1 Å². The van der Waals surface area contributed by atoms with Gasteiger partial charge in [0.25, 0.3) is 5.91 Å². The van der Waals surface area contributed by atoms with Crippen LogP contribution in [0.2, 0.25) is 0 Å². The zero-order chi connectivity index (χ0) is 19.1. The second-order valence-electron chi connectivity index (χ2n) is 6.53. The maximum Gasteiger partial charge on any atom is 0.270 e. The molecule has 1 amide bonds. The number of aromatic nitrogens is 2. The van der Waals surface area contributed by atoms with Gasteiger partial charge in [-0.1, -0.05) is 30.3 Å². The lowest BCUT2D eigenvalue weighted by Crippen LogP contribution is -2.27. The van der Waals surface area contributed by atoms with E-state index in [1.54, 1.807) is 24.7 Å². The highest BCUT2D eigenvalue weighted by molar-refractivity contribution is 5.92. The fourth-order valence-corrected chi connectivity index (χ4v) is 2.82. The molecular weight excluding hydrogens is 336 g/mol. The highest BCUT2D eigenvalue weighted by Crippen LogP contribution is 2.14. The van der Waals surface area contributed by atoms with E-state index < -0.39 is 0 Å². The summed E-state index contributed by atoms with van der Waals surface area (Å²) in [5, 5.41) is 2.99. The van der Waals surface area contributed by atoms with Gasteiger partial charge in [-0.25, -0.2) is 4.98 Å². The molecule has 2 aromatic heterocycles. The van der Waals surface area contributed by atoms with Crippen molar-refractivity contribution in [2.75, 3.05) is 18.5 Å². The molecule has 3 aromatic rings. The third kappa shape index (κ3) is 5.14. The summed E-state index contributed by atoms with van der Waals surface area (Å²) in [6, 6.07) is 17.6. The summed E-state index contributed by atoms with van der Waals surface area (Å²) in [5.74, 6) is -0.169. The fraction of sp³-hybridized carbons (Fsp3) is 0.227. The lowest BCUT2D eigenvalue weighted by atomic mass is 10.1. The molecule has 0 radical (unpaired) electrons. The maximum atomic E-state index is 12.4. The first-order valence-electron chi connectivity index (χ1n) is 9.05. The van der Waals surface area contributed by atoms with Crippen molar-refractivity contribution in [1.82, 2.24) is 15.3 Å². The average molecular weight is 360 g/mol. The molecule has 1 atom stereocenters. The van der Waals surface area contributed by atoms with E-state index in [4.69, 9.17) is 0 Å². The number of pyridine rings is 2.